The molecule has 0 aliphatic carbocycles. The molecule has 19 heavy (non-hydrogen) atoms. The van der Waals surface area contributed by atoms with Crippen molar-refractivity contribution in [1.29, 1.82) is 0 Å². The van der Waals surface area contributed by atoms with Gasteiger partial charge in [0, 0.05) is 0 Å². The Morgan fingerprint density at radius 3 is 1.21 bits per heavy atom. The number of rotatable bonds is 3. The van der Waals surface area contributed by atoms with Crippen molar-refractivity contribution >= 4 is 30.4 Å². The van der Waals surface area contributed by atoms with Crippen LogP contribution in [0.5, 0.6) is 0 Å². The van der Waals surface area contributed by atoms with Crippen LogP contribution in [0.4, 0.5) is 0 Å². The van der Waals surface area contributed by atoms with E-state index in [4.69, 9.17) is 0 Å². The first-order chi connectivity index (χ1) is 7.85. The van der Waals surface area contributed by atoms with E-state index in [1.807, 2.05) is 0 Å². The molecule has 0 saturated carbocycles. The Bertz CT molecular complexity index is 740. The summed E-state index contributed by atoms with van der Waals surface area (Å²) in [5, 5.41) is 0. The summed E-state index contributed by atoms with van der Waals surface area (Å²) in [6, 6.07) is 1.49. The minimum Gasteiger partial charge on any atom is -0.744 e. The topological polar surface area (TPSA) is 172 Å². The predicted octanol–water partition coefficient (Wildman–Crippen LogP) is -1.60. The number of hydrogen-bond donors (Lipinski definition) is 0. The fourth-order valence-corrected chi connectivity index (χ4v) is 4.22. The summed E-state index contributed by atoms with van der Waals surface area (Å²) in [5.41, 5.74) is 0. The van der Waals surface area contributed by atoms with Crippen molar-refractivity contribution < 1.29 is 79.3 Å². The summed E-state index contributed by atoms with van der Waals surface area (Å²) < 4.78 is 96.8. The second-order valence-electron chi connectivity index (χ2n) is 2.95. The molecule has 0 atom stereocenters. The van der Waals surface area contributed by atoms with E-state index >= 15 is 0 Å². The molecule has 1 radical (unpaired) electrons. The molecule has 13 heteroatoms. The van der Waals surface area contributed by atoms with Gasteiger partial charge in [0.25, 0.3) is 0 Å². The van der Waals surface area contributed by atoms with Gasteiger partial charge in [-0.25, -0.2) is 25.3 Å². The molecule has 1 aromatic rings. The van der Waals surface area contributed by atoms with E-state index in [0.29, 0.717) is 18.2 Å². The van der Waals surface area contributed by atoms with Gasteiger partial charge in [-0.15, -0.1) is 0 Å². The van der Waals surface area contributed by atoms with Crippen molar-refractivity contribution in [2.24, 2.45) is 0 Å². The summed E-state index contributed by atoms with van der Waals surface area (Å²) in [7, 11) is -16.5. The first-order valence-electron chi connectivity index (χ1n) is 3.86. The fourth-order valence-electron chi connectivity index (χ4n) is 1.14. The third-order valence-corrected chi connectivity index (χ3v) is 4.69. The average Bonchev–Trinajstić information content (AvgIpc) is 2.12. The molecule has 0 saturated heterocycles. The first kappa shape index (κ1) is 19.3. The molecule has 0 heterocycles. The molecule has 0 bridgehead atoms. The van der Waals surface area contributed by atoms with Gasteiger partial charge in [-0.05, 0) is 12.1 Å². The van der Waals surface area contributed by atoms with E-state index in [0.717, 1.165) is 0 Å². The van der Waals surface area contributed by atoms with Crippen LogP contribution in [0.3, 0.4) is 0 Å². The maximum Gasteiger partial charge on any atom is 3.00 e. The number of hydrogen-bond acceptors (Lipinski definition) is 9. The second kappa shape index (κ2) is 5.96. The Labute approximate surface area is 141 Å². The van der Waals surface area contributed by atoms with Crippen molar-refractivity contribution in [3.05, 3.63) is 18.2 Å². The van der Waals surface area contributed by atoms with Crippen LogP contribution >= 0.6 is 0 Å². The fraction of sp³-hybridized carbons (Fsp3) is 0. The third-order valence-electron chi connectivity index (χ3n) is 1.73. The monoisotopic (exact) mass is 467 g/mol. The first-order valence-corrected chi connectivity index (χ1v) is 8.08. The Balaban J connectivity index is 0.00000324. The average molecular weight is 466 g/mol. The molecule has 105 valence electrons. The van der Waals surface area contributed by atoms with Gasteiger partial charge in [0.2, 0.25) is 0 Å². The van der Waals surface area contributed by atoms with Crippen LogP contribution < -0.4 is 0 Å². The minimum absolute atomic E-state index is 0. The maximum absolute atomic E-state index is 10.8. The van der Waals surface area contributed by atoms with E-state index in [-0.39, 0.29) is 40.4 Å². The molecule has 0 amide bonds. The van der Waals surface area contributed by atoms with Gasteiger partial charge in [0.1, 0.15) is 30.4 Å². The molecule has 1 rings (SSSR count). The van der Waals surface area contributed by atoms with Gasteiger partial charge < -0.3 is 13.7 Å². The molecule has 0 aromatic heterocycles. The Morgan fingerprint density at radius 2 is 1.00 bits per heavy atom. The molecule has 0 aliphatic heterocycles. The Hall–Kier alpha value is 0.288. The molecule has 0 spiro atoms. The summed E-state index contributed by atoms with van der Waals surface area (Å²) in [4.78, 5) is -5.00. The Morgan fingerprint density at radius 1 is 0.684 bits per heavy atom. The molecule has 0 fully saturated rings. The summed E-state index contributed by atoms with van der Waals surface area (Å²) in [5.74, 6) is 0. The molecule has 0 aliphatic rings. The SMILES string of the molecule is O=S(=O)([O-])c1cccc(S(=O)(=O)[O-])c1S(=O)(=O)[O-].[Sm+3]. The molecule has 0 N–H and O–H groups in total. The van der Waals surface area contributed by atoms with Gasteiger partial charge in [-0.1, -0.05) is 6.07 Å². The Kier molecular flexibility index (Phi) is 6.05. The smallest absolute Gasteiger partial charge is 0.744 e. The molecule has 0 unspecified atom stereocenters. The standard InChI is InChI=1S/C6H6O9S3.Sm/c7-16(8,9)4-2-1-3-5(17(10,11)12)6(4)18(13,14)15;/h1-3H,(H,7,8,9)(H,10,11,12)(H,13,14,15);/q;+3/p-3. The van der Waals surface area contributed by atoms with Gasteiger partial charge >= 0.3 is 40.4 Å². The molecular weight excluding hydrogens is 463 g/mol. The predicted molar refractivity (Wildman–Crippen MR) is 50.3 cm³/mol. The van der Waals surface area contributed by atoms with Crippen molar-refractivity contribution in [1.82, 2.24) is 0 Å². The largest absolute Gasteiger partial charge is 3.00 e. The van der Waals surface area contributed by atoms with Crippen molar-refractivity contribution in [3.8, 4) is 0 Å². The van der Waals surface area contributed by atoms with Crippen molar-refractivity contribution in [3.63, 3.8) is 0 Å². The quantitative estimate of drug-likeness (QED) is 0.476. The normalized spacial score (nSPS) is 12.8. The molecule has 9 nitrogen and oxygen atoms in total. The maximum atomic E-state index is 10.8. The zero-order valence-electron chi connectivity index (χ0n) is 8.54. The van der Waals surface area contributed by atoms with Crippen LogP contribution in [0.25, 0.3) is 0 Å². The molecular formula is C6H3O9S3Sm. The van der Waals surface area contributed by atoms with Gasteiger partial charge in [-0.3, -0.25) is 0 Å². The summed E-state index contributed by atoms with van der Waals surface area (Å²) >= 11 is 0. The zero-order valence-corrected chi connectivity index (χ0v) is 13.6. The van der Waals surface area contributed by atoms with E-state index in [9.17, 15) is 38.9 Å². The van der Waals surface area contributed by atoms with E-state index in [1.165, 1.54) is 0 Å². The van der Waals surface area contributed by atoms with E-state index in [1.54, 1.807) is 0 Å². The van der Waals surface area contributed by atoms with Crippen LogP contribution in [-0.2, 0) is 30.4 Å². The van der Waals surface area contributed by atoms with Gasteiger partial charge in [0.05, 0.1) is 14.7 Å². The van der Waals surface area contributed by atoms with E-state index in [2.05, 4.69) is 0 Å². The van der Waals surface area contributed by atoms with Crippen LogP contribution in [0.2, 0.25) is 0 Å². The van der Waals surface area contributed by atoms with E-state index < -0.39 is 45.0 Å². The van der Waals surface area contributed by atoms with Crippen molar-refractivity contribution in [2.45, 2.75) is 14.7 Å². The zero-order chi connectivity index (χ0) is 14.4. The second-order valence-corrected chi connectivity index (χ2v) is 6.96. The molecule has 1 aromatic carbocycles. The van der Waals surface area contributed by atoms with Crippen LogP contribution in [0.1, 0.15) is 0 Å². The third kappa shape index (κ3) is 4.65. The summed E-state index contributed by atoms with van der Waals surface area (Å²) in [6.07, 6.45) is 0. The number of benzene rings is 1. The minimum atomic E-state index is -5.64. The summed E-state index contributed by atoms with van der Waals surface area (Å²) in [6.45, 7) is 0. The van der Waals surface area contributed by atoms with Crippen LogP contribution in [-0.4, -0.2) is 38.9 Å². The van der Waals surface area contributed by atoms with Crippen LogP contribution in [0.15, 0.2) is 32.9 Å². The van der Waals surface area contributed by atoms with Gasteiger partial charge in [-0.2, -0.15) is 0 Å². The van der Waals surface area contributed by atoms with Crippen molar-refractivity contribution in [2.75, 3.05) is 0 Å². The van der Waals surface area contributed by atoms with Crippen LogP contribution in [0, 0.1) is 40.4 Å². The van der Waals surface area contributed by atoms with Gasteiger partial charge in [0.15, 0.2) is 0 Å².